The number of rotatable bonds is 5. The number of carbonyl (C=O) groups is 1. The largest absolute Gasteiger partial charge is 0.508 e. The van der Waals surface area contributed by atoms with Crippen LogP contribution in [0.25, 0.3) is 11.3 Å². The Hall–Kier alpha value is -3.28. The van der Waals surface area contributed by atoms with Crippen LogP contribution in [-0.4, -0.2) is 39.8 Å². The molecule has 138 valence electrons. The third kappa shape index (κ3) is 2.83. The van der Waals surface area contributed by atoms with Crippen LogP contribution in [0.5, 0.6) is 11.5 Å². The van der Waals surface area contributed by atoms with Crippen molar-refractivity contribution < 1.29 is 14.6 Å². The van der Waals surface area contributed by atoms with Gasteiger partial charge in [-0.1, -0.05) is 19.1 Å². The summed E-state index contributed by atoms with van der Waals surface area (Å²) in [6.07, 6.45) is 0.844. The summed E-state index contributed by atoms with van der Waals surface area (Å²) in [5.41, 5.74) is 3.89. The smallest absolute Gasteiger partial charge is 0.273 e. The highest BCUT2D eigenvalue weighted by Crippen LogP contribution is 2.43. The van der Waals surface area contributed by atoms with E-state index in [4.69, 9.17) is 4.74 Å². The van der Waals surface area contributed by atoms with Crippen LogP contribution in [0.1, 0.15) is 41.0 Å². The number of benzene rings is 2. The highest BCUT2D eigenvalue weighted by molar-refractivity contribution is 6.00. The van der Waals surface area contributed by atoms with E-state index in [-0.39, 0.29) is 17.7 Å². The molecule has 2 aromatic carbocycles. The van der Waals surface area contributed by atoms with Gasteiger partial charge in [0.2, 0.25) is 0 Å². The van der Waals surface area contributed by atoms with E-state index >= 15 is 0 Å². The summed E-state index contributed by atoms with van der Waals surface area (Å²) in [7, 11) is 1.63. The first-order valence-electron chi connectivity index (χ1n) is 8.96. The van der Waals surface area contributed by atoms with Crippen molar-refractivity contribution in [3.63, 3.8) is 0 Å². The molecule has 0 saturated carbocycles. The van der Waals surface area contributed by atoms with Gasteiger partial charge in [-0.3, -0.25) is 9.89 Å². The number of H-pyrrole nitrogens is 1. The van der Waals surface area contributed by atoms with Crippen molar-refractivity contribution >= 4 is 5.91 Å². The fraction of sp³-hybridized carbons (Fsp3) is 0.238. The Morgan fingerprint density at radius 1 is 1.22 bits per heavy atom. The third-order valence-electron chi connectivity index (χ3n) is 4.88. The van der Waals surface area contributed by atoms with E-state index in [9.17, 15) is 9.90 Å². The standard InChI is InChI=1S/C21H21N3O3/c1-3-11-24-20(14-5-4-6-15(25)12-14)17-18(22-23-19(17)21(24)26)13-7-9-16(27-2)10-8-13/h4-10,12,20,25H,3,11H2,1-2H3,(H,22,23)/t20-/m1/s1. The van der Waals surface area contributed by atoms with Gasteiger partial charge in [0.25, 0.3) is 5.91 Å². The second-order valence-corrected chi connectivity index (χ2v) is 6.59. The summed E-state index contributed by atoms with van der Waals surface area (Å²) < 4.78 is 5.23. The highest BCUT2D eigenvalue weighted by atomic mass is 16.5. The number of hydrogen-bond donors (Lipinski definition) is 2. The number of aromatic hydroxyl groups is 1. The number of amides is 1. The molecule has 4 rings (SSSR count). The molecule has 1 aliphatic heterocycles. The first-order chi connectivity index (χ1) is 13.1. The maximum atomic E-state index is 13.0. The summed E-state index contributed by atoms with van der Waals surface area (Å²) in [5, 5.41) is 17.3. The second kappa shape index (κ2) is 6.79. The fourth-order valence-electron chi connectivity index (χ4n) is 3.68. The third-order valence-corrected chi connectivity index (χ3v) is 4.88. The van der Waals surface area contributed by atoms with Gasteiger partial charge < -0.3 is 14.7 Å². The van der Waals surface area contributed by atoms with E-state index in [0.717, 1.165) is 34.6 Å². The van der Waals surface area contributed by atoms with Gasteiger partial charge in [-0.2, -0.15) is 5.10 Å². The lowest BCUT2D eigenvalue weighted by molar-refractivity contribution is 0.0743. The van der Waals surface area contributed by atoms with Gasteiger partial charge in [-0.15, -0.1) is 0 Å². The Bertz CT molecular complexity index is 979. The Kier molecular flexibility index (Phi) is 4.32. The van der Waals surface area contributed by atoms with Crippen molar-refractivity contribution in [3.8, 4) is 22.8 Å². The van der Waals surface area contributed by atoms with Gasteiger partial charge in [0.15, 0.2) is 0 Å². The number of phenols is 1. The molecule has 0 spiro atoms. The zero-order valence-electron chi connectivity index (χ0n) is 15.3. The van der Waals surface area contributed by atoms with E-state index in [0.29, 0.717) is 12.2 Å². The maximum absolute atomic E-state index is 13.0. The van der Waals surface area contributed by atoms with Crippen molar-refractivity contribution in [2.24, 2.45) is 0 Å². The molecule has 2 N–H and O–H groups in total. The van der Waals surface area contributed by atoms with Crippen LogP contribution in [0.2, 0.25) is 0 Å². The van der Waals surface area contributed by atoms with Gasteiger partial charge in [-0.25, -0.2) is 0 Å². The molecular weight excluding hydrogens is 342 g/mol. The number of aromatic amines is 1. The molecule has 0 fully saturated rings. The van der Waals surface area contributed by atoms with Crippen LogP contribution < -0.4 is 4.74 Å². The monoisotopic (exact) mass is 363 g/mol. The molecule has 0 bridgehead atoms. The van der Waals surface area contributed by atoms with Gasteiger partial charge in [0, 0.05) is 17.7 Å². The topological polar surface area (TPSA) is 78.5 Å². The van der Waals surface area contributed by atoms with Crippen LogP contribution in [0.4, 0.5) is 0 Å². The molecule has 0 aliphatic carbocycles. The zero-order valence-corrected chi connectivity index (χ0v) is 15.3. The Balaban J connectivity index is 1.86. The van der Waals surface area contributed by atoms with E-state index in [1.54, 1.807) is 25.3 Å². The van der Waals surface area contributed by atoms with Crippen LogP contribution in [0.3, 0.4) is 0 Å². The van der Waals surface area contributed by atoms with Gasteiger partial charge >= 0.3 is 0 Å². The summed E-state index contributed by atoms with van der Waals surface area (Å²) in [6, 6.07) is 14.4. The molecule has 6 heteroatoms. The van der Waals surface area contributed by atoms with E-state index < -0.39 is 0 Å². The van der Waals surface area contributed by atoms with E-state index in [1.165, 1.54) is 0 Å². The molecule has 1 atom stereocenters. The Labute approximate surface area is 157 Å². The molecule has 6 nitrogen and oxygen atoms in total. The summed E-state index contributed by atoms with van der Waals surface area (Å²) >= 11 is 0. The number of nitrogens with zero attached hydrogens (tertiary/aromatic N) is 2. The molecule has 0 saturated heterocycles. The lowest BCUT2D eigenvalue weighted by Crippen LogP contribution is -2.30. The summed E-state index contributed by atoms with van der Waals surface area (Å²) in [4.78, 5) is 14.8. The van der Waals surface area contributed by atoms with Crippen LogP contribution >= 0.6 is 0 Å². The second-order valence-electron chi connectivity index (χ2n) is 6.59. The minimum absolute atomic E-state index is 0.0625. The SMILES string of the molecule is CCCN1C(=O)c2[nH]nc(-c3ccc(OC)cc3)c2[C@H]1c1cccc(O)c1. The van der Waals surface area contributed by atoms with Crippen molar-refractivity contribution in [3.05, 3.63) is 65.4 Å². The average molecular weight is 363 g/mol. The highest BCUT2D eigenvalue weighted by Gasteiger charge is 2.41. The fourth-order valence-corrected chi connectivity index (χ4v) is 3.68. The summed E-state index contributed by atoms with van der Waals surface area (Å²) in [6.45, 7) is 2.67. The molecule has 1 aromatic heterocycles. The maximum Gasteiger partial charge on any atom is 0.273 e. The first-order valence-corrected chi connectivity index (χ1v) is 8.96. The normalized spacial score (nSPS) is 15.9. The van der Waals surface area contributed by atoms with Crippen molar-refractivity contribution in [2.75, 3.05) is 13.7 Å². The predicted molar refractivity (Wildman–Crippen MR) is 102 cm³/mol. The van der Waals surface area contributed by atoms with E-state index in [1.807, 2.05) is 42.2 Å². The number of carbonyl (C=O) groups excluding carboxylic acids is 1. The molecule has 0 unspecified atom stereocenters. The number of ether oxygens (including phenoxy) is 1. The molecule has 1 aliphatic rings. The Morgan fingerprint density at radius 2 is 2.00 bits per heavy atom. The minimum Gasteiger partial charge on any atom is -0.508 e. The zero-order chi connectivity index (χ0) is 19.0. The number of nitrogens with one attached hydrogen (secondary N) is 1. The van der Waals surface area contributed by atoms with Gasteiger partial charge in [-0.05, 0) is 48.4 Å². The number of phenolic OH excluding ortho intramolecular Hbond substituents is 1. The van der Waals surface area contributed by atoms with Gasteiger partial charge in [0.05, 0.1) is 18.8 Å². The van der Waals surface area contributed by atoms with Crippen molar-refractivity contribution in [1.29, 1.82) is 0 Å². The quantitative estimate of drug-likeness (QED) is 0.724. The minimum atomic E-state index is -0.282. The Morgan fingerprint density at radius 3 is 2.67 bits per heavy atom. The number of methoxy groups -OCH3 is 1. The number of fused-ring (bicyclic) bond motifs is 1. The molecule has 3 aromatic rings. The van der Waals surface area contributed by atoms with E-state index in [2.05, 4.69) is 10.2 Å². The van der Waals surface area contributed by atoms with Crippen LogP contribution in [-0.2, 0) is 0 Å². The molecular formula is C21H21N3O3. The molecule has 0 radical (unpaired) electrons. The number of aromatic nitrogens is 2. The van der Waals surface area contributed by atoms with Gasteiger partial charge in [0.1, 0.15) is 17.2 Å². The molecule has 2 heterocycles. The summed E-state index contributed by atoms with van der Waals surface area (Å²) in [5.74, 6) is 0.881. The molecule has 1 amide bonds. The van der Waals surface area contributed by atoms with Crippen LogP contribution in [0.15, 0.2) is 48.5 Å². The predicted octanol–water partition coefficient (Wildman–Crippen LogP) is 3.75. The van der Waals surface area contributed by atoms with Crippen LogP contribution in [0, 0.1) is 0 Å². The average Bonchev–Trinajstić information content (AvgIpc) is 3.22. The van der Waals surface area contributed by atoms with Crippen molar-refractivity contribution in [1.82, 2.24) is 15.1 Å². The number of hydrogen-bond acceptors (Lipinski definition) is 4. The molecule has 27 heavy (non-hydrogen) atoms. The lowest BCUT2D eigenvalue weighted by atomic mass is 9.96. The first kappa shape index (κ1) is 17.1. The lowest BCUT2D eigenvalue weighted by Gasteiger charge is -2.26. The van der Waals surface area contributed by atoms with Crippen molar-refractivity contribution in [2.45, 2.75) is 19.4 Å².